The Labute approximate surface area is 227 Å². The Morgan fingerprint density at radius 1 is 1.13 bits per heavy atom. The van der Waals surface area contributed by atoms with E-state index in [9.17, 15) is 9.59 Å². The summed E-state index contributed by atoms with van der Waals surface area (Å²) in [6.07, 6.45) is 3.07. The first-order valence-corrected chi connectivity index (χ1v) is 13.0. The molecule has 2 aromatic heterocycles. The van der Waals surface area contributed by atoms with Crippen molar-refractivity contribution in [3.05, 3.63) is 70.3 Å². The number of aryl methyl sites for hydroxylation is 1. The fourth-order valence-corrected chi connectivity index (χ4v) is 4.73. The molecular formula is C28H33ClN6O3. The second kappa shape index (κ2) is 10.9. The van der Waals surface area contributed by atoms with Gasteiger partial charge in [-0.2, -0.15) is 0 Å². The predicted molar refractivity (Wildman–Crippen MR) is 148 cm³/mol. The third-order valence-corrected chi connectivity index (χ3v) is 7.05. The van der Waals surface area contributed by atoms with Gasteiger partial charge in [0, 0.05) is 36.5 Å². The minimum Gasteiger partial charge on any atom is -0.481 e. The highest BCUT2D eigenvalue weighted by atomic mass is 35.5. The number of amides is 1. The number of halogens is 1. The Hall–Kier alpha value is -3.72. The molecule has 1 amide bonds. The molecule has 2 N–H and O–H groups in total. The fraction of sp³-hybridized carbons (Fsp3) is 0.393. The Balaban J connectivity index is 1.51. The van der Waals surface area contributed by atoms with Crippen molar-refractivity contribution in [2.24, 2.45) is 0 Å². The van der Waals surface area contributed by atoms with Crippen LogP contribution >= 0.6 is 11.6 Å². The fourth-order valence-electron chi connectivity index (χ4n) is 4.61. The first kappa shape index (κ1) is 27.3. The Kier molecular flexibility index (Phi) is 7.87. The molecule has 1 fully saturated rings. The van der Waals surface area contributed by atoms with E-state index in [0.717, 1.165) is 17.1 Å². The van der Waals surface area contributed by atoms with Gasteiger partial charge < -0.3 is 20.2 Å². The van der Waals surface area contributed by atoms with Crippen molar-refractivity contribution in [2.75, 3.05) is 29.9 Å². The zero-order valence-electron chi connectivity index (χ0n) is 22.3. The highest BCUT2D eigenvalue weighted by Gasteiger charge is 2.38. The molecule has 1 saturated heterocycles. The Bertz CT molecular complexity index is 1340. The number of piperazine rings is 1. The molecule has 0 spiro atoms. The SMILES string of the molecule is Cc1cc(Nc2ncc(C(=O)N3CCN(c4ccc(CC(=O)O)cn4)CC3(C)C)nc2C(C)C)ccc1Cl. The summed E-state index contributed by atoms with van der Waals surface area (Å²) in [5.74, 6) is 0.364. The van der Waals surface area contributed by atoms with Crippen molar-refractivity contribution in [3.8, 4) is 0 Å². The molecule has 0 aliphatic carbocycles. The van der Waals surface area contributed by atoms with Gasteiger partial charge in [-0.3, -0.25) is 9.59 Å². The van der Waals surface area contributed by atoms with Crippen LogP contribution < -0.4 is 10.2 Å². The Morgan fingerprint density at radius 2 is 1.89 bits per heavy atom. The number of aliphatic carboxylic acids is 1. The van der Waals surface area contributed by atoms with Crippen LogP contribution in [0.15, 0.2) is 42.7 Å². The zero-order chi connectivity index (χ0) is 27.6. The maximum Gasteiger partial charge on any atom is 0.307 e. The third-order valence-electron chi connectivity index (χ3n) is 6.62. The van der Waals surface area contributed by atoms with Crippen molar-refractivity contribution in [3.63, 3.8) is 0 Å². The minimum atomic E-state index is -0.888. The van der Waals surface area contributed by atoms with Crippen molar-refractivity contribution < 1.29 is 14.7 Å². The number of rotatable bonds is 7. The van der Waals surface area contributed by atoms with E-state index in [2.05, 4.69) is 20.2 Å². The number of carboxylic acid groups (broad SMARTS) is 1. The predicted octanol–water partition coefficient (Wildman–Crippen LogP) is 5.07. The molecule has 200 valence electrons. The summed E-state index contributed by atoms with van der Waals surface area (Å²) < 4.78 is 0. The van der Waals surface area contributed by atoms with E-state index in [1.807, 2.05) is 63.8 Å². The van der Waals surface area contributed by atoms with Crippen LogP contribution in [0.5, 0.6) is 0 Å². The number of nitrogens with one attached hydrogen (secondary N) is 1. The van der Waals surface area contributed by atoms with Crippen LogP contribution in [-0.2, 0) is 11.2 Å². The smallest absolute Gasteiger partial charge is 0.307 e. The van der Waals surface area contributed by atoms with Gasteiger partial charge in [0.05, 0.1) is 23.9 Å². The van der Waals surface area contributed by atoms with Crippen molar-refractivity contribution in [1.29, 1.82) is 0 Å². The van der Waals surface area contributed by atoms with E-state index in [4.69, 9.17) is 21.7 Å². The largest absolute Gasteiger partial charge is 0.481 e. The van der Waals surface area contributed by atoms with E-state index < -0.39 is 11.5 Å². The highest BCUT2D eigenvalue weighted by molar-refractivity contribution is 6.31. The van der Waals surface area contributed by atoms with Crippen LogP contribution in [0.3, 0.4) is 0 Å². The maximum absolute atomic E-state index is 13.6. The molecule has 0 radical (unpaired) electrons. The normalized spacial score (nSPS) is 15.0. The molecule has 0 unspecified atom stereocenters. The van der Waals surface area contributed by atoms with Crippen LogP contribution in [0, 0.1) is 6.92 Å². The molecule has 38 heavy (non-hydrogen) atoms. The summed E-state index contributed by atoms with van der Waals surface area (Å²) in [6, 6.07) is 9.28. The van der Waals surface area contributed by atoms with Crippen LogP contribution in [0.25, 0.3) is 0 Å². The molecular weight excluding hydrogens is 504 g/mol. The number of benzene rings is 1. The lowest BCUT2D eigenvalue weighted by Crippen LogP contribution is -2.61. The lowest BCUT2D eigenvalue weighted by Gasteiger charge is -2.47. The van der Waals surface area contributed by atoms with Crippen molar-refractivity contribution in [2.45, 2.75) is 52.5 Å². The maximum atomic E-state index is 13.6. The first-order valence-electron chi connectivity index (χ1n) is 12.6. The van der Waals surface area contributed by atoms with Gasteiger partial charge in [-0.25, -0.2) is 15.0 Å². The number of pyridine rings is 1. The molecule has 4 rings (SSSR count). The molecule has 9 nitrogen and oxygen atoms in total. The van der Waals surface area contributed by atoms with E-state index in [0.29, 0.717) is 47.4 Å². The van der Waals surface area contributed by atoms with Gasteiger partial charge in [-0.05, 0) is 62.1 Å². The van der Waals surface area contributed by atoms with E-state index in [1.54, 1.807) is 12.3 Å². The lowest BCUT2D eigenvalue weighted by molar-refractivity contribution is -0.136. The van der Waals surface area contributed by atoms with Gasteiger partial charge in [-0.15, -0.1) is 0 Å². The number of nitrogens with zero attached hydrogens (tertiary/aromatic N) is 5. The molecule has 0 bridgehead atoms. The van der Waals surface area contributed by atoms with Crippen molar-refractivity contribution in [1.82, 2.24) is 19.9 Å². The average molecular weight is 537 g/mol. The topological polar surface area (TPSA) is 112 Å². The molecule has 1 aliphatic rings. The zero-order valence-corrected chi connectivity index (χ0v) is 23.1. The van der Waals surface area contributed by atoms with Gasteiger partial charge in [0.15, 0.2) is 5.82 Å². The summed E-state index contributed by atoms with van der Waals surface area (Å²) in [6.45, 7) is 11.7. The standard InChI is InChI=1S/C28H33ClN6O3/c1-17(2)25-26(32-20-7-8-21(29)18(3)12-20)31-15-22(33-25)27(38)35-11-10-34(16-28(35,4)5)23-9-6-19(14-30-23)13-24(36)37/h6-9,12,14-15,17H,10-11,13,16H2,1-5H3,(H,31,32)(H,36,37). The van der Waals surface area contributed by atoms with E-state index in [1.165, 1.54) is 6.20 Å². The van der Waals surface area contributed by atoms with Gasteiger partial charge in [0.25, 0.3) is 5.91 Å². The highest BCUT2D eigenvalue weighted by Crippen LogP contribution is 2.29. The third kappa shape index (κ3) is 6.05. The quantitative estimate of drug-likeness (QED) is 0.430. The summed E-state index contributed by atoms with van der Waals surface area (Å²) in [7, 11) is 0. The molecule has 0 saturated carbocycles. The summed E-state index contributed by atoms with van der Waals surface area (Å²) in [4.78, 5) is 42.3. The minimum absolute atomic E-state index is 0.0474. The molecule has 3 heterocycles. The number of hydrogen-bond acceptors (Lipinski definition) is 7. The molecule has 1 aliphatic heterocycles. The molecule has 3 aromatic rings. The van der Waals surface area contributed by atoms with E-state index in [-0.39, 0.29) is 18.2 Å². The van der Waals surface area contributed by atoms with Crippen LogP contribution in [0.1, 0.15) is 60.9 Å². The summed E-state index contributed by atoms with van der Waals surface area (Å²) >= 11 is 6.16. The monoisotopic (exact) mass is 536 g/mol. The van der Waals surface area contributed by atoms with Gasteiger partial charge >= 0.3 is 5.97 Å². The van der Waals surface area contributed by atoms with E-state index >= 15 is 0 Å². The Morgan fingerprint density at radius 3 is 2.50 bits per heavy atom. The molecule has 0 atom stereocenters. The van der Waals surface area contributed by atoms with Crippen molar-refractivity contribution >= 4 is 40.8 Å². The van der Waals surface area contributed by atoms with Gasteiger partial charge in [0.1, 0.15) is 11.5 Å². The average Bonchev–Trinajstić information content (AvgIpc) is 2.85. The second-order valence-corrected chi connectivity index (χ2v) is 10.9. The molecule has 10 heteroatoms. The first-order chi connectivity index (χ1) is 17.9. The number of carboxylic acids is 1. The van der Waals surface area contributed by atoms with Gasteiger partial charge in [-0.1, -0.05) is 31.5 Å². The lowest BCUT2D eigenvalue weighted by atomic mass is 9.98. The second-order valence-electron chi connectivity index (χ2n) is 10.5. The number of hydrogen-bond donors (Lipinski definition) is 2. The summed E-state index contributed by atoms with van der Waals surface area (Å²) in [5, 5.41) is 13.0. The van der Waals surface area contributed by atoms with Crippen LogP contribution in [0.2, 0.25) is 5.02 Å². The van der Waals surface area contributed by atoms with Crippen LogP contribution in [-0.4, -0.2) is 62.0 Å². The number of carbonyl (C=O) groups excluding carboxylic acids is 1. The summed E-state index contributed by atoms with van der Waals surface area (Å²) in [5.41, 5.74) is 2.99. The number of anilines is 3. The number of carbonyl (C=O) groups is 2. The van der Waals surface area contributed by atoms with Gasteiger partial charge in [0.2, 0.25) is 0 Å². The number of aromatic nitrogens is 3. The van der Waals surface area contributed by atoms with Crippen LogP contribution in [0.4, 0.5) is 17.3 Å². The molecule has 1 aromatic carbocycles.